The summed E-state index contributed by atoms with van der Waals surface area (Å²) in [5.41, 5.74) is 8.77. The molecule has 3 aromatic rings. The van der Waals surface area contributed by atoms with Crippen molar-refractivity contribution >= 4 is 0 Å². The SMILES string of the molecule is Cc1ccc(C#Cc2ccc(CCc3ccc(C)cc3)cc2C)cc1. The first-order chi connectivity index (χ1) is 12.1. The van der Waals surface area contributed by atoms with Crippen molar-refractivity contribution in [2.24, 2.45) is 0 Å². The van der Waals surface area contributed by atoms with Crippen LogP contribution in [0.4, 0.5) is 0 Å². The van der Waals surface area contributed by atoms with Gasteiger partial charge in [-0.2, -0.15) is 0 Å². The minimum absolute atomic E-state index is 1.06. The Morgan fingerprint density at radius 3 is 1.80 bits per heavy atom. The van der Waals surface area contributed by atoms with Crippen LogP contribution >= 0.6 is 0 Å². The molecular weight excluding hydrogens is 300 g/mol. The second-order valence-electron chi connectivity index (χ2n) is 6.75. The zero-order valence-electron chi connectivity index (χ0n) is 15.3. The van der Waals surface area contributed by atoms with Gasteiger partial charge in [0.05, 0.1) is 0 Å². The van der Waals surface area contributed by atoms with Crippen molar-refractivity contribution in [3.63, 3.8) is 0 Å². The highest BCUT2D eigenvalue weighted by Crippen LogP contribution is 2.14. The summed E-state index contributed by atoms with van der Waals surface area (Å²) in [7, 11) is 0. The highest BCUT2D eigenvalue weighted by molar-refractivity contribution is 5.47. The Morgan fingerprint density at radius 1 is 0.600 bits per heavy atom. The summed E-state index contributed by atoms with van der Waals surface area (Å²) in [5, 5.41) is 0. The van der Waals surface area contributed by atoms with Crippen molar-refractivity contribution < 1.29 is 0 Å². The van der Waals surface area contributed by atoms with E-state index in [4.69, 9.17) is 0 Å². The van der Waals surface area contributed by atoms with Crippen LogP contribution in [-0.4, -0.2) is 0 Å². The maximum atomic E-state index is 3.31. The maximum Gasteiger partial charge on any atom is 0.0278 e. The average Bonchev–Trinajstić information content (AvgIpc) is 2.62. The molecule has 3 rings (SSSR count). The number of rotatable bonds is 3. The smallest absolute Gasteiger partial charge is 0.0278 e. The first-order valence-electron chi connectivity index (χ1n) is 8.84. The van der Waals surface area contributed by atoms with Crippen molar-refractivity contribution in [1.82, 2.24) is 0 Å². The minimum atomic E-state index is 1.06. The Bertz CT molecular complexity index is 901. The van der Waals surface area contributed by atoms with Gasteiger partial charge >= 0.3 is 0 Å². The molecule has 0 N–H and O–H groups in total. The zero-order valence-corrected chi connectivity index (χ0v) is 15.3. The van der Waals surface area contributed by atoms with Crippen LogP contribution in [0.2, 0.25) is 0 Å². The van der Waals surface area contributed by atoms with E-state index < -0.39 is 0 Å². The summed E-state index contributed by atoms with van der Waals surface area (Å²) in [6, 6.07) is 23.8. The van der Waals surface area contributed by atoms with Crippen LogP contribution in [0.3, 0.4) is 0 Å². The number of hydrogen-bond acceptors (Lipinski definition) is 0. The van der Waals surface area contributed by atoms with E-state index in [0.29, 0.717) is 0 Å². The molecule has 0 unspecified atom stereocenters. The second kappa shape index (κ2) is 7.86. The Morgan fingerprint density at radius 2 is 1.16 bits per heavy atom. The van der Waals surface area contributed by atoms with Crippen LogP contribution in [0.5, 0.6) is 0 Å². The molecule has 0 aliphatic rings. The molecule has 0 heteroatoms. The van der Waals surface area contributed by atoms with Gasteiger partial charge in [-0.15, -0.1) is 0 Å². The Labute approximate surface area is 151 Å². The molecule has 3 aromatic carbocycles. The van der Waals surface area contributed by atoms with Crippen LogP contribution in [0.25, 0.3) is 0 Å². The Balaban J connectivity index is 1.68. The molecule has 0 bridgehead atoms. The van der Waals surface area contributed by atoms with E-state index >= 15 is 0 Å². The van der Waals surface area contributed by atoms with E-state index in [0.717, 1.165) is 24.0 Å². The topological polar surface area (TPSA) is 0 Å². The van der Waals surface area contributed by atoms with Crippen molar-refractivity contribution in [3.8, 4) is 11.8 Å². The lowest BCUT2D eigenvalue weighted by Crippen LogP contribution is -1.93. The Hall–Kier alpha value is -2.78. The summed E-state index contributed by atoms with van der Waals surface area (Å²) in [6.45, 7) is 6.37. The second-order valence-corrected chi connectivity index (χ2v) is 6.75. The fourth-order valence-corrected chi connectivity index (χ4v) is 2.84. The third-order valence-electron chi connectivity index (χ3n) is 4.51. The molecule has 0 nitrogen and oxygen atoms in total. The van der Waals surface area contributed by atoms with Crippen molar-refractivity contribution in [2.75, 3.05) is 0 Å². The molecule has 25 heavy (non-hydrogen) atoms. The molecule has 0 fully saturated rings. The minimum Gasteiger partial charge on any atom is -0.0616 e. The molecule has 0 heterocycles. The van der Waals surface area contributed by atoms with E-state index in [9.17, 15) is 0 Å². The largest absolute Gasteiger partial charge is 0.0616 e. The fraction of sp³-hybridized carbons (Fsp3) is 0.200. The molecule has 0 aromatic heterocycles. The van der Waals surface area contributed by atoms with E-state index in [1.807, 2.05) is 0 Å². The van der Waals surface area contributed by atoms with Crippen molar-refractivity contribution in [1.29, 1.82) is 0 Å². The predicted octanol–water partition coefficient (Wildman–Crippen LogP) is 5.80. The normalized spacial score (nSPS) is 10.2. The lowest BCUT2D eigenvalue weighted by molar-refractivity contribution is 0.956. The molecule has 0 saturated carbocycles. The first kappa shape index (κ1) is 17.1. The first-order valence-corrected chi connectivity index (χ1v) is 8.84. The van der Waals surface area contributed by atoms with Gasteiger partial charge in [0, 0.05) is 11.1 Å². The lowest BCUT2D eigenvalue weighted by Gasteiger charge is -2.06. The number of benzene rings is 3. The standard InChI is InChI=1S/C25H24/c1-19-4-8-22(9-5-19)12-13-24-15-17-25(21(3)18-24)16-14-23-10-6-20(2)7-11-23/h4-11,15,17-18H,12-13H2,1-3H3. The van der Waals surface area contributed by atoms with Crippen LogP contribution < -0.4 is 0 Å². The van der Waals surface area contributed by atoms with Gasteiger partial charge in [0.1, 0.15) is 0 Å². The quantitative estimate of drug-likeness (QED) is 0.534. The van der Waals surface area contributed by atoms with Gasteiger partial charge in [-0.1, -0.05) is 71.5 Å². The summed E-state index contributed by atoms with van der Waals surface area (Å²) in [6.07, 6.45) is 2.14. The summed E-state index contributed by atoms with van der Waals surface area (Å²) < 4.78 is 0. The molecule has 0 amide bonds. The summed E-state index contributed by atoms with van der Waals surface area (Å²) >= 11 is 0. The fourth-order valence-electron chi connectivity index (χ4n) is 2.84. The van der Waals surface area contributed by atoms with Gasteiger partial charge in [-0.3, -0.25) is 0 Å². The van der Waals surface area contributed by atoms with Crippen LogP contribution in [0.1, 0.15) is 38.9 Å². The van der Waals surface area contributed by atoms with Crippen molar-refractivity contribution in [3.05, 3.63) is 106 Å². The Kier molecular flexibility index (Phi) is 5.36. The van der Waals surface area contributed by atoms with Crippen LogP contribution in [0, 0.1) is 32.6 Å². The van der Waals surface area contributed by atoms with Gasteiger partial charge < -0.3 is 0 Å². The third kappa shape index (κ3) is 4.85. The zero-order chi connectivity index (χ0) is 17.6. The molecule has 0 radical (unpaired) electrons. The molecule has 0 spiro atoms. The molecular formula is C25H24. The van der Waals surface area contributed by atoms with Crippen molar-refractivity contribution in [2.45, 2.75) is 33.6 Å². The van der Waals surface area contributed by atoms with E-state index in [1.165, 1.54) is 27.8 Å². The number of aryl methyl sites for hydroxylation is 5. The number of hydrogen-bond donors (Lipinski definition) is 0. The lowest BCUT2D eigenvalue weighted by atomic mass is 9.99. The highest BCUT2D eigenvalue weighted by atomic mass is 14.0. The predicted molar refractivity (Wildman–Crippen MR) is 107 cm³/mol. The molecule has 0 saturated heterocycles. The van der Waals surface area contributed by atoms with Gasteiger partial charge in [0.2, 0.25) is 0 Å². The van der Waals surface area contributed by atoms with Gasteiger partial charge in [0.15, 0.2) is 0 Å². The van der Waals surface area contributed by atoms with Crippen LogP contribution in [-0.2, 0) is 12.8 Å². The summed E-state index contributed by atoms with van der Waals surface area (Å²) in [4.78, 5) is 0. The van der Waals surface area contributed by atoms with E-state index in [2.05, 4.69) is 99.3 Å². The van der Waals surface area contributed by atoms with E-state index in [-0.39, 0.29) is 0 Å². The molecule has 0 aliphatic carbocycles. The summed E-state index contributed by atoms with van der Waals surface area (Å²) in [5.74, 6) is 6.57. The average molecular weight is 324 g/mol. The third-order valence-corrected chi connectivity index (χ3v) is 4.51. The molecule has 0 aliphatic heterocycles. The van der Waals surface area contributed by atoms with Gasteiger partial charge in [-0.25, -0.2) is 0 Å². The maximum absolute atomic E-state index is 3.31. The monoisotopic (exact) mass is 324 g/mol. The highest BCUT2D eigenvalue weighted by Gasteiger charge is 2.00. The van der Waals surface area contributed by atoms with Gasteiger partial charge in [0.25, 0.3) is 0 Å². The van der Waals surface area contributed by atoms with Crippen LogP contribution in [0.15, 0.2) is 66.7 Å². The van der Waals surface area contributed by atoms with E-state index in [1.54, 1.807) is 0 Å². The molecule has 0 atom stereocenters. The molecule has 124 valence electrons. The van der Waals surface area contributed by atoms with Gasteiger partial charge in [-0.05, 0) is 68.5 Å².